The minimum Gasteiger partial charge on any atom is -0.507 e. The van der Waals surface area contributed by atoms with E-state index < -0.39 is 30.2 Å². The molecule has 1 aliphatic rings. The Balaban J connectivity index is 0.00000199. The van der Waals surface area contributed by atoms with E-state index >= 15 is 0 Å². The third-order valence-corrected chi connectivity index (χ3v) is 5.22. The van der Waals surface area contributed by atoms with E-state index in [2.05, 4.69) is 9.98 Å². The average molecular weight is 490 g/mol. The summed E-state index contributed by atoms with van der Waals surface area (Å²) in [6.07, 6.45) is -6.72. The van der Waals surface area contributed by atoms with Crippen LogP contribution in [0.15, 0.2) is 29.3 Å². The number of aliphatic imine (C=N–C) groups is 1. The molecule has 1 unspecified atom stereocenters. The van der Waals surface area contributed by atoms with Crippen molar-refractivity contribution in [3.63, 3.8) is 0 Å². The molecule has 0 spiro atoms. The van der Waals surface area contributed by atoms with Gasteiger partial charge in [-0.05, 0) is 55.6 Å². The van der Waals surface area contributed by atoms with Crippen molar-refractivity contribution in [3.8, 4) is 17.0 Å². The summed E-state index contributed by atoms with van der Waals surface area (Å²) in [5.41, 5.74) is 5.99. The summed E-state index contributed by atoms with van der Waals surface area (Å²) in [4.78, 5) is 9.79. The number of rotatable bonds is 5. The molecular weight excluding hydrogens is 462 g/mol. The number of pyridine rings is 1. The molecule has 34 heavy (non-hydrogen) atoms. The fourth-order valence-electron chi connectivity index (χ4n) is 3.76. The quantitative estimate of drug-likeness (QED) is 0.417. The van der Waals surface area contributed by atoms with Crippen molar-refractivity contribution < 1.29 is 31.4 Å². The minimum atomic E-state index is -4.59. The number of hydrogen-bond donors (Lipinski definition) is 2. The lowest BCUT2D eigenvalue weighted by Gasteiger charge is -2.17. The second-order valence-electron chi connectivity index (χ2n) is 7.86. The van der Waals surface area contributed by atoms with Crippen LogP contribution in [0.4, 0.5) is 32.2 Å². The van der Waals surface area contributed by atoms with Crippen molar-refractivity contribution in [1.29, 1.82) is 0 Å². The number of anilines is 1. The SMILES string of the molecule is CC.Cc1cc(C(F)(F)F)cc(O)c1-c1ccc(C=NCC2CCN(CC(F)(F)F)C2)c(N)n1. The van der Waals surface area contributed by atoms with E-state index in [4.69, 9.17) is 5.73 Å². The van der Waals surface area contributed by atoms with Crippen molar-refractivity contribution in [2.24, 2.45) is 10.9 Å². The van der Waals surface area contributed by atoms with Crippen LogP contribution in [-0.4, -0.2) is 53.6 Å². The van der Waals surface area contributed by atoms with Crippen molar-refractivity contribution in [2.45, 2.75) is 39.5 Å². The molecular formula is C23H28F6N4O. The summed E-state index contributed by atoms with van der Waals surface area (Å²) in [5, 5.41) is 10.1. The highest BCUT2D eigenvalue weighted by Gasteiger charge is 2.34. The highest BCUT2D eigenvalue weighted by atomic mass is 19.4. The van der Waals surface area contributed by atoms with Gasteiger partial charge in [0.25, 0.3) is 0 Å². The summed E-state index contributed by atoms with van der Waals surface area (Å²) in [6.45, 7) is 5.53. The van der Waals surface area contributed by atoms with Gasteiger partial charge in [-0.15, -0.1) is 0 Å². The number of aromatic nitrogens is 1. The molecule has 0 radical (unpaired) electrons. The van der Waals surface area contributed by atoms with Crippen LogP contribution in [0, 0.1) is 12.8 Å². The third kappa shape index (κ3) is 7.34. The number of benzene rings is 1. The summed E-state index contributed by atoms with van der Waals surface area (Å²) in [7, 11) is 0. The van der Waals surface area contributed by atoms with E-state index in [9.17, 15) is 31.4 Å². The van der Waals surface area contributed by atoms with Gasteiger partial charge in [0.2, 0.25) is 0 Å². The lowest BCUT2D eigenvalue weighted by Crippen LogP contribution is -2.32. The lowest BCUT2D eigenvalue weighted by atomic mass is 10.00. The number of aryl methyl sites for hydroxylation is 1. The monoisotopic (exact) mass is 490 g/mol. The van der Waals surface area contributed by atoms with Crippen molar-refractivity contribution in [1.82, 2.24) is 9.88 Å². The van der Waals surface area contributed by atoms with Gasteiger partial charge >= 0.3 is 12.4 Å². The molecule has 1 fully saturated rings. The van der Waals surface area contributed by atoms with Crippen LogP contribution in [-0.2, 0) is 6.18 Å². The Morgan fingerprint density at radius 3 is 2.41 bits per heavy atom. The van der Waals surface area contributed by atoms with E-state index in [-0.39, 0.29) is 28.6 Å². The number of halogens is 6. The Morgan fingerprint density at radius 2 is 1.85 bits per heavy atom. The Kier molecular flexibility index (Phi) is 8.93. The normalized spacial score (nSPS) is 17.1. The van der Waals surface area contributed by atoms with Crippen LogP contribution in [0.5, 0.6) is 5.75 Å². The molecule has 2 aromatic rings. The number of nitrogens with zero attached hydrogens (tertiary/aromatic N) is 3. The number of likely N-dealkylation sites (tertiary alicyclic amines) is 1. The first-order valence-corrected chi connectivity index (χ1v) is 10.8. The number of nitrogen functional groups attached to an aromatic ring is 1. The molecule has 0 aliphatic carbocycles. The van der Waals surface area contributed by atoms with Crippen LogP contribution in [0.1, 0.15) is 37.0 Å². The molecule has 1 aromatic heterocycles. The zero-order valence-corrected chi connectivity index (χ0v) is 19.1. The number of phenols is 1. The van der Waals surface area contributed by atoms with Crippen LogP contribution in [0.25, 0.3) is 11.3 Å². The summed E-state index contributed by atoms with van der Waals surface area (Å²) < 4.78 is 76.1. The van der Waals surface area contributed by atoms with Crippen LogP contribution < -0.4 is 5.73 Å². The molecule has 3 rings (SSSR count). The Hall–Kier alpha value is -2.82. The Bertz CT molecular complexity index is 981. The largest absolute Gasteiger partial charge is 0.507 e. The fraction of sp³-hybridized carbons (Fsp3) is 0.478. The molecule has 188 valence electrons. The number of phenolic OH excluding ortho intramolecular Hbond substituents is 1. The first-order chi connectivity index (χ1) is 15.8. The summed E-state index contributed by atoms with van der Waals surface area (Å²) >= 11 is 0. The molecule has 5 nitrogen and oxygen atoms in total. The molecule has 11 heteroatoms. The second kappa shape index (κ2) is 11.1. The van der Waals surface area contributed by atoms with Gasteiger partial charge in [-0.3, -0.25) is 9.89 Å². The van der Waals surface area contributed by atoms with Gasteiger partial charge in [0, 0.05) is 30.4 Å². The highest BCUT2D eigenvalue weighted by molar-refractivity contribution is 5.87. The molecule has 3 N–H and O–H groups in total. The van der Waals surface area contributed by atoms with E-state index in [1.165, 1.54) is 24.1 Å². The molecule has 1 aliphatic heterocycles. The maximum Gasteiger partial charge on any atom is 0.416 e. The maximum absolute atomic E-state index is 12.9. The lowest BCUT2D eigenvalue weighted by molar-refractivity contribution is -0.143. The molecule has 0 amide bonds. The van der Waals surface area contributed by atoms with Crippen LogP contribution >= 0.6 is 0 Å². The van der Waals surface area contributed by atoms with Crippen molar-refractivity contribution in [2.75, 3.05) is 31.9 Å². The molecule has 1 atom stereocenters. The zero-order chi connectivity index (χ0) is 25.7. The Morgan fingerprint density at radius 1 is 1.18 bits per heavy atom. The molecule has 2 heterocycles. The molecule has 0 saturated carbocycles. The first kappa shape index (κ1) is 27.4. The van der Waals surface area contributed by atoms with Crippen molar-refractivity contribution >= 4 is 12.0 Å². The van der Waals surface area contributed by atoms with E-state index in [1.54, 1.807) is 6.07 Å². The predicted molar refractivity (Wildman–Crippen MR) is 120 cm³/mol. The second-order valence-corrected chi connectivity index (χ2v) is 7.86. The minimum absolute atomic E-state index is 0.00815. The first-order valence-electron chi connectivity index (χ1n) is 10.8. The average Bonchev–Trinajstić information content (AvgIpc) is 3.15. The van der Waals surface area contributed by atoms with Gasteiger partial charge in [0.15, 0.2) is 0 Å². The standard InChI is InChI=1S/C21H22F6N4O.C2H6/c1-12-6-15(21(25,26)27)7-17(32)18(12)16-3-2-14(19(28)30-16)9-29-8-13-4-5-31(10-13)11-20(22,23)24;1-2/h2-3,6-7,9,13,32H,4-5,8,10-11H2,1H3,(H2,28,30);1-2H3. The van der Waals surface area contributed by atoms with E-state index in [0.29, 0.717) is 37.7 Å². The number of nitrogens with two attached hydrogens (primary N) is 1. The summed E-state index contributed by atoms with van der Waals surface area (Å²) in [5.74, 6) is -0.487. The van der Waals surface area contributed by atoms with Gasteiger partial charge in [0.1, 0.15) is 11.6 Å². The topological polar surface area (TPSA) is 74.7 Å². The zero-order valence-electron chi connectivity index (χ0n) is 19.1. The van der Waals surface area contributed by atoms with Crippen molar-refractivity contribution in [3.05, 3.63) is 41.0 Å². The van der Waals surface area contributed by atoms with Gasteiger partial charge in [-0.25, -0.2) is 4.98 Å². The number of alkyl halides is 6. The van der Waals surface area contributed by atoms with E-state index in [1.807, 2.05) is 13.8 Å². The summed E-state index contributed by atoms with van der Waals surface area (Å²) in [6, 6.07) is 4.64. The number of aromatic hydroxyl groups is 1. The Labute approximate surface area is 194 Å². The molecule has 0 bridgehead atoms. The van der Waals surface area contributed by atoms with E-state index in [0.717, 1.165) is 6.07 Å². The van der Waals surface area contributed by atoms with Crippen LogP contribution in [0.3, 0.4) is 0 Å². The number of hydrogen-bond acceptors (Lipinski definition) is 5. The van der Waals surface area contributed by atoms with Gasteiger partial charge < -0.3 is 10.8 Å². The fourth-order valence-corrected chi connectivity index (χ4v) is 3.76. The molecule has 1 aromatic carbocycles. The van der Waals surface area contributed by atoms with Gasteiger partial charge in [-0.1, -0.05) is 13.8 Å². The van der Waals surface area contributed by atoms with Gasteiger partial charge in [0.05, 0.1) is 17.8 Å². The highest BCUT2D eigenvalue weighted by Crippen LogP contribution is 2.38. The third-order valence-electron chi connectivity index (χ3n) is 5.22. The molecule has 1 saturated heterocycles. The smallest absolute Gasteiger partial charge is 0.416 e. The van der Waals surface area contributed by atoms with Gasteiger partial charge in [-0.2, -0.15) is 26.3 Å². The predicted octanol–water partition coefficient (Wildman–Crippen LogP) is 5.69. The maximum atomic E-state index is 12.9. The van der Waals surface area contributed by atoms with Crippen LogP contribution in [0.2, 0.25) is 0 Å².